The molecule has 190 valence electrons. The lowest BCUT2D eigenvalue weighted by molar-refractivity contribution is -0.138. The van der Waals surface area contributed by atoms with Crippen LogP contribution in [-0.4, -0.2) is 64.2 Å². The fourth-order valence-electron chi connectivity index (χ4n) is 6.39. The molecule has 7 rings (SSSR count). The number of anilines is 1. The zero-order valence-electron chi connectivity index (χ0n) is 20.1. The van der Waals surface area contributed by atoms with Crippen LogP contribution in [0.5, 0.6) is 0 Å². The number of carbonyl (C=O) groups is 1. The van der Waals surface area contributed by atoms with E-state index in [1.54, 1.807) is 29.3 Å². The van der Waals surface area contributed by atoms with Crippen molar-refractivity contribution in [3.63, 3.8) is 0 Å². The number of fused-ring (bicyclic) bond motifs is 3. The number of piperidine rings is 1. The normalized spacial score (nSPS) is 23.2. The Morgan fingerprint density at radius 3 is 2.57 bits per heavy atom. The second-order valence-corrected chi connectivity index (χ2v) is 10.4. The van der Waals surface area contributed by atoms with Gasteiger partial charge in [0.1, 0.15) is 18.1 Å². The Morgan fingerprint density at radius 2 is 1.92 bits per heavy atom. The Hall–Kier alpha value is -3.86. The second kappa shape index (κ2) is 8.34. The highest BCUT2D eigenvalue weighted by Gasteiger charge is 2.45. The average molecular weight is 503 g/mol. The molecule has 0 radical (unpaired) electrons. The summed E-state index contributed by atoms with van der Waals surface area (Å²) >= 11 is 0. The SMILES string of the molecule is Nc1c(C2CC2)c(C2CC3CCC(C2)N3C(=O)CO)nc2c(-c3cnc(-c4ncc[nH]4)c(F)c3)cnn12. The minimum absolute atomic E-state index is 0.103. The number of hydrogen-bond acceptors (Lipinski definition) is 7. The van der Waals surface area contributed by atoms with E-state index in [9.17, 15) is 9.90 Å². The molecule has 11 heteroatoms. The number of carbonyl (C=O) groups excluding carboxylic acids is 1. The summed E-state index contributed by atoms with van der Waals surface area (Å²) in [4.78, 5) is 30.7. The molecule has 37 heavy (non-hydrogen) atoms. The monoisotopic (exact) mass is 502 g/mol. The zero-order valence-corrected chi connectivity index (χ0v) is 20.1. The third-order valence-electron chi connectivity index (χ3n) is 8.15. The number of imidazole rings is 1. The van der Waals surface area contributed by atoms with Crippen LogP contribution in [0.15, 0.2) is 30.9 Å². The molecule has 4 aromatic heterocycles. The van der Waals surface area contributed by atoms with Crippen molar-refractivity contribution in [3.05, 3.63) is 47.9 Å². The number of aromatic amines is 1. The maximum absolute atomic E-state index is 15.0. The second-order valence-electron chi connectivity index (χ2n) is 10.4. The van der Waals surface area contributed by atoms with Crippen molar-refractivity contribution in [3.8, 4) is 22.6 Å². The van der Waals surface area contributed by atoms with Crippen LogP contribution in [0.25, 0.3) is 28.3 Å². The molecular formula is C26H27FN8O2. The summed E-state index contributed by atoms with van der Waals surface area (Å²) < 4.78 is 16.7. The van der Waals surface area contributed by atoms with E-state index in [1.165, 1.54) is 6.07 Å². The van der Waals surface area contributed by atoms with Crippen LogP contribution >= 0.6 is 0 Å². The van der Waals surface area contributed by atoms with Crippen LogP contribution in [0, 0.1) is 5.82 Å². The summed E-state index contributed by atoms with van der Waals surface area (Å²) in [5.41, 5.74) is 10.7. The molecule has 1 saturated carbocycles. The molecule has 2 atom stereocenters. The number of hydrogen-bond donors (Lipinski definition) is 3. The minimum atomic E-state index is -0.493. The maximum atomic E-state index is 15.0. The van der Waals surface area contributed by atoms with Crippen LogP contribution in [0.1, 0.15) is 61.6 Å². The Labute approximate surface area is 211 Å². The van der Waals surface area contributed by atoms with Gasteiger partial charge < -0.3 is 20.7 Å². The van der Waals surface area contributed by atoms with E-state index in [-0.39, 0.29) is 29.6 Å². The minimum Gasteiger partial charge on any atom is -0.387 e. The van der Waals surface area contributed by atoms with Crippen LogP contribution < -0.4 is 5.73 Å². The first-order chi connectivity index (χ1) is 18.0. The number of aliphatic hydroxyl groups excluding tert-OH is 1. The molecule has 0 aromatic carbocycles. The van der Waals surface area contributed by atoms with Gasteiger partial charge in [-0.1, -0.05) is 0 Å². The first-order valence-electron chi connectivity index (χ1n) is 12.8. The van der Waals surface area contributed by atoms with E-state index in [0.29, 0.717) is 34.3 Å². The number of nitrogens with two attached hydrogens (primary N) is 1. The number of nitrogens with one attached hydrogen (secondary N) is 1. The lowest BCUT2D eigenvalue weighted by Gasteiger charge is -2.39. The summed E-state index contributed by atoms with van der Waals surface area (Å²) in [5.74, 6) is 0.774. The highest BCUT2D eigenvalue weighted by atomic mass is 19.1. The van der Waals surface area contributed by atoms with Gasteiger partial charge in [0.25, 0.3) is 0 Å². The predicted octanol–water partition coefficient (Wildman–Crippen LogP) is 3.01. The first kappa shape index (κ1) is 22.3. The Bertz CT molecular complexity index is 1500. The summed E-state index contributed by atoms with van der Waals surface area (Å²) in [5, 5.41) is 14.0. The first-order valence-corrected chi connectivity index (χ1v) is 12.8. The molecule has 6 heterocycles. The van der Waals surface area contributed by atoms with E-state index >= 15 is 4.39 Å². The standard InChI is InChI=1S/C26H27FN8O2/c27-19-9-15(10-31-23(19)25-29-5-6-30-25)18-11-32-35-24(28)21(13-1-2-13)22(33-26(18)35)14-7-16-3-4-17(8-14)34(16)20(37)12-36/h5-6,9-11,13-14,16-17,36H,1-4,7-8,12,28H2,(H,29,30). The summed E-state index contributed by atoms with van der Waals surface area (Å²) in [7, 11) is 0. The molecule has 2 saturated heterocycles. The number of aromatic nitrogens is 6. The average Bonchev–Trinajstić information content (AvgIpc) is 3.29. The third kappa shape index (κ3) is 3.51. The number of pyridine rings is 1. The molecule has 2 aliphatic heterocycles. The van der Waals surface area contributed by atoms with Gasteiger partial charge in [-0.3, -0.25) is 4.79 Å². The largest absolute Gasteiger partial charge is 0.387 e. The summed E-state index contributed by atoms with van der Waals surface area (Å²) in [6.45, 7) is -0.454. The molecule has 4 N–H and O–H groups in total. The molecule has 2 bridgehead atoms. The van der Waals surface area contributed by atoms with Crippen LogP contribution in [0.3, 0.4) is 0 Å². The molecule has 4 aromatic rings. The number of aliphatic hydroxyl groups is 1. The van der Waals surface area contributed by atoms with Gasteiger partial charge in [0, 0.05) is 53.3 Å². The Balaban J connectivity index is 1.31. The van der Waals surface area contributed by atoms with Crippen molar-refractivity contribution in [1.82, 2.24) is 34.4 Å². The quantitative estimate of drug-likeness (QED) is 0.381. The fourth-order valence-corrected chi connectivity index (χ4v) is 6.39. The van der Waals surface area contributed by atoms with E-state index in [0.717, 1.165) is 49.8 Å². The van der Waals surface area contributed by atoms with Gasteiger partial charge in [0.15, 0.2) is 17.3 Å². The van der Waals surface area contributed by atoms with Crippen LogP contribution in [0.2, 0.25) is 0 Å². The number of nitrogens with zero attached hydrogens (tertiary/aromatic N) is 6. The van der Waals surface area contributed by atoms with Crippen molar-refractivity contribution < 1.29 is 14.3 Å². The number of halogens is 1. The number of rotatable bonds is 5. The highest BCUT2D eigenvalue weighted by Crippen LogP contribution is 2.50. The summed E-state index contributed by atoms with van der Waals surface area (Å²) in [6, 6.07) is 1.63. The number of amides is 1. The van der Waals surface area contributed by atoms with Crippen molar-refractivity contribution >= 4 is 17.4 Å². The number of nitrogen functional groups attached to an aromatic ring is 1. The van der Waals surface area contributed by atoms with Crippen molar-refractivity contribution in [2.24, 2.45) is 0 Å². The third-order valence-corrected chi connectivity index (χ3v) is 8.15. The van der Waals surface area contributed by atoms with E-state index in [1.807, 2.05) is 4.90 Å². The molecule has 2 unspecified atom stereocenters. The van der Waals surface area contributed by atoms with Gasteiger partial charge in [-0.15, -0.1) is 0 Å². The van der Waals surface area contributed by atoms with Gasteiger partial charge in [-0.2, -0.15) is 9.61 Å². The van der Waals surface area contributed by atoms with E-state index < -0.39 is 12.4 Å². The lowest BCUT2D eigenvalue weighted by Crippen LogP contribution is -2.47. The van der Waals surface area contributed by atoms with E-state index in [2.05, 4.69) is 20.1 Å². The molecule has 10 nitrogen and oxygen atoms in total. The van der Waals surface area contributed by atoms with Crippen molar-refractivity contribution in [1.29, 1.82) is 0 Å². The lowest BCUT2D eigenvalue weighted by atomic mass is 9.85. The van der Waals surface area contributed by atoms with Crippen molar-refractivity contribution in [2.45, 2.75) is 62.4 Å². The maximum Gasteiger partial charge on any atom is 0.248 e. The number of H-pyrrole nitrogens is 1. The van der Waals surface area contributed by atoms with Gasteiger partial charge in [-0.25, -0.2) is 19.3 Å². The zero-order chi connectivity index (χ0) is 25.3. The molecule has 0 spiro atoms. The van der Waals surface area contributed by atoms with E-state index in [4.69, 9.17) is 10.7 Å². The Morgan fingerprint density at radius 1 is 1.14 bits per heavy atom. The van der Waals surface area contributed by atoms with Gasteiger partial charge in [0.2, 0.25) is 5.91 Å². The molecule has 1 aliphatic carbocycles. The molecule has 1 amide bonds. The highest BCUT2D eigenvalue weighted by molar-refractivity contribution is 5.80. The summed E-state index contributed by atoms with van der Waals surface area (Å²) in [6.07, 6.45) is 12.0. The Kier molecular flexibility index (Phi) is 5.04. The predicted molar refractivity (Wildman–Crippen MR) is 133 cm³/mol. The molecule has 3 fully saturated rings. The van der Waals surface area contributed by atoms with Gasteiger partial charge in [0.05, 0.1) is 11.9 Å². The van der Waals surface area contributed by atoms with Crippen LogP contribution in [0.4, 0.5) is 10.2 Å². The smallest absolute Gasteiger partial charge is 0.248 e. The van der Waals surface area contributed by atoms with Gasteiger partial charge >= 0.3 is 0 Å². The molecular weight excluding hydrogens is 475 g/mol. The topological polar surface area (TPSA) is 138 Å². The van der Waals surface area contributed by atoms with Gasteiger partial charge in [-0.05, 0) is 50.5 Å². The molecule has 3 aliphatic rings. The fraction of sp³-hybridized carbons (Fsp3) is 0.423. The van der Waals surface area contributed by atoms with Crippen LogP contribution in [-0.2, 0) is 4.79 Å². The van der Waals surface area contributed by atoms with Crippen molar-refractivity contribution in [2.75, 3.05) is 12.3 Å².